The Morgan fingerprint density at radius 1 is 1.21 bits per heavy atom. The molecule has 0 aliphatic rings. The van der Waals surface area contributed by atoms with Crippen molar-refractivity contribution >= 4 is 11.5 Å². The van der Waals surface area contributed by atoms with Gasteiger partial charge < -0.3 is 4.90 Å². The Labute approximate surface area is 111 Å². The van der Waals surface area contributed by atoms with Gasteiger partial charge in [-0.25, -0.2) is 4.39 Å². The number of hydrogen-bond donors (Lipinski definition) is 0. The second-order valence-electron chi connectivity index (χ2n) is 4.29. The summed E-state index contributed by atoms with van der Waals surface area (Å²) in [6.45, 7) is 0.599. The fourth-order valence-electron chi connectivity index (χ4n) is 1.75. The summed E-state index contributed by atoms with van der Waals surface area (Å²) in [5.74, 6) is -0.513. The molecule has 0 saturated carbocycles. The molecule has 2 aromatic rings. The Morgan fingerprint density at radius 2 is 1.95 bits per heavy atom. The van der Waals surface area contributed by atoms with E-state index < -0.39 is 5.82 Å². The van der Waals surface area contributed by atoms with Gasteiger partial charge in [0, 0.05) is 25.7 Å². The molecule has 19 heavy (non-hydrogen) atoms. The predicted molar refractivity (Wildman–Crippen MR) is 72.9 cm³/mol. The first kappa shape index (κ1) is 13.2. The SMILES string of the molecule is CN(CCC(=O)c1ccc(F)cn1)c1ccccc1. The largest absolute Gasteiger partial charge is 0.374 e. The number of pyridine rings is 1. The van der Waals surface area contributed by atoms with Gasteiger partial charge in [-0.05, 0) is 24.3 Å². The summed E-state index contributed by atoms with van der Waals surface area (Å²) in [6, 6.07) is 12.5. The van der Waals surface area contributed by atoms with Crippen LogP contribution in [0.5, 0.6) is 0 Å². The van der Waals surface area contributed by atoms with Gasteiger partial charge >= 0.3 is 0 Å². The minimum absolute atomic E-state index is 0.0808. The van der Waals surface area contributed by atoms with Crippen molar-refractivity contribution in [2.24, 2.45) is 0 Å². The maximum Gasteiger partial charge on any atom is 0.182 e. The van der Waals surface area contributed by atoms with Crippen molar-refractivity contribution in [3.8, 4) is 0 Å². The van der Waals surface area contributed by atoms with Gasteiger partial charge in [-0.2, -0.15) is 0 Å². The number of nitrogens with zero attached hydrogens (tertiary/aromatic N) is 2. The Morgan fingerprint density at radius 3 is 2.58 bits per heavy atom. The molecule has 2 rings (SSSR count). The average molecular weight is 258 g/mol. The number of carbonyl (C=O) groups is 1. The smallest absolute Gasteiger partial charge is 0.182 e. The van der Waals surface area contributed by atoms with Crippen LogP contribution in [0.1, 0.15) is 16.9 Å². The molecule has 98 valence electrons. The zero-order valence-corrected chi connectivity index (χ0v) is 10.7. The lowest BCUT2D eigenvalue weighted by Crippen LogP contribution is -2.21. The second kappa shape index (κ2) is 6.09. The van der Waals surface area contributed by atoms with Gasteiger partial charge in [-0.15, -0.1) is 0 Å². The molecule has 1 aromatic heterocycles. The lowest BCUT2D eigenvalue weighted by atomic mass is 10.2. The first-order valence-electron chi connectivity index (χ1n) is 6.08. The number of hydrogen-bond acceptors (Lipinski definition) is 3. The van der Waals surface area contributed by atoms with E-state index in [4.69, 9.17) is 0 Å². The lowest BCUT2D eigenvalue weighted by Gasteiger charge is -2.18. The van der Waals surface area contributed by atoms with Crippen LogP contribution < -0.4 is 4.90 Å². The molecule has 1 heterocycles. The van der Waals surface area contributed by atoms with Crippen LogP contribution in [-0.2, 0) is 0 Å². The van der Waals surface area contributed by atoms with Gasteiger partial charge in [0.2, 0.25) is 0 Å². The van der Waals surface area contributed by atoms with Crippen LogP contribution in [0, 0.1) is 5.82 Å². The van der Waals surface area contributed by atoms with E-state index in [1.165, 1.54) is 12.1 Å². The zero-order chi connectivity index (χ0) is 13.7. The molecular weight excluding hydrogens is 243 g/mol. The fraction of sp³-hybridized carbons (Fsp3) is 0.200. The van der Waals surface area contributed by atoms with E-state index in [9.17, 15) is 9.18 Å². The van der Waals surface area contributed by atoms with E-state index >= 15 is 0 Å². The van der Waals surface area contributed by atoms with E-state index in [-0.39, 0.29) is 5.78 Å². The third-order valence-corrected chi connectivity index (χ3v) is 2.88. The van der Waals surface area contributed by atoms with Crippen LogP contribution in [-0.4, -0.2) is 24.4 Å². The minimum Gasteiger partial charge on any atom is -0.374 e. The molecule has 0 aliphatic carbocycles. The number of Topliss-reactive ketones (excluding diaryl/α,β-unsaturated/α-hetero) is 1. The molecule has 0 radical (unpaired) electrons. The van der Waals surface area contributed by atoms with Crippen LogP contribution in [0.3, 0.4) is 0 Å². The topological polar surface area (TPSA) is 33.2 Å². The number of para-hydroxylation sites is 1. The summed E-state index contributed by atoms with van der Waals surface area (Å²) >= 11 is 0. The lowest BCUT2D eigenvalue weighted by molar-refractivity contribution is 0.0980. The van der Waals surface area contributed by atoms with E-state index in [0.29, 0.717) is 18.7 Å². The number of halogens is 1. The third kappa shape index (κ3) is 3.61. The molecule has 0 amide bonds. The third-order valence-electron chi connectivity index (χ3n) is 2.88. The van der Waals surface area contributed by atoms with E-state index in [0.717, 1.165) is 11.9 Å². The minimum atomic E-state index is -0.432. The number of benzene rings is 1. The van der Waals surface area contributed by atoms with Crippen molar-refractivity contribution in [3.63, 3.8) is 0 Å². The quantitative estimate of drug-likeness (QED) is 0.773. The Hall–Kier alpha value is -2.23. The summed E-state index contributed by atoms with van der Waals surface area (Å²) in [4.78, 5) is 17.7. The first-order chi connectivity index (χ1) is 9.16. The summed E-state index contributed by atoms with van der Waals surface area (Å²) < 4.78 is 12.7. The zero-order valence-electron chi connectivity index (χ0n) is 10.7. The van der Waals surface area contributed by atoms with Crippen molar-refractivity contribution in [1.29, 1.82) is 0 Å². The van der Waals surface area contributed by atoms with Gasteiger partial charge in [-0.3, -0.25) is 9.78 Å². The first-order valence-corrected chi connectivity index (χ1v) is 6.08. The second-order valence-corrected chi connectivity index (χ2v) is 4.29. The standard InChI is InChI=1S/C15H15FN2O/c1-18(13-5-3-2-4-6-13)10-9-15(19)14-8-7-12(16)11-17-14/h2-8,11H,9-10H2,1H3. The van der Waals surface area contributed by atoms with Gasteiger partial charge in [0.1, 0.15) is 11.5 Å². The van der Waals surface area contributed by atoms with Crippen molar-refractivity contribution in [3.05, 3.63) is 60.2 Å². The normalized spacial score (nSPS) is 10.2. The Balaban J connectivity index is 1.92. The molecular formula is C15H15FN2O. The molecule has 1 aromatic carbocycles. The maximum absolute atomic E-state index is 12.7. The number of aromatic nitrogens is 1. The van der Waals surface area contributed by atoms with Gasteiger partial charge in [0.25, 0.3) is 0 Å². The Kier molecular flexibility index (Phi) is 4.23. The number of rotatable bonds is 5. The number of anilines is 1. The molecule has 0 spiro atoms. The van der Waals surface area contributed by atoms with Gasteiger partial charge in [0.15, 0.2) is 5.78 Å². The highest BCUT2D eigenvalue weighted by Gasteiger charge is 2.09. The van der Waals surface area contributed by atoms with Crippen LogP contribution in [0.4, 0.5) is 10.1 Å². The summed E-state index contributed by atoms with van der Waals surface area (Å²) in [6.07, 6.45) is 1.41. The molecule has 0 fully saturated rings. The maximum atomic E-state index is 12.7. The molecule has 0 atom stereocenters. The van der Waals surface area contributed by atoms with Crippen LogP contribution >= 0.6 is 0 Å². The Bertz CT molecular complexity index is 540. The van der Waals surface area contributed by atoms with E-state index in [2.05, 4.69) is 4.98 Å². The average Bonchev–Trinajstić information content (AvgIpc) is 2.46. The highest BCUT2D eigenvalue weighted by atomic mass is 19.1. The fourth-order valence-corrected chi connectivity index (χ4v) is 1.75. The monoisotopic (exact) mass is 258 g/mol. The van der Waals surface area contributed by atoms with E-state index in [1.54, 1.807) is 0 Å². The molecule has 3 nitrogen and oxygen atoms in total. The van der Waals surface area contributed by atoms with Crippen molar-refractivity contribution in [2.75, 3.05) is 18.5 Å². The van der Waals surface area contributed by atoms with Gasteiger partial charge in [0.05, 0.1) is 6.20 Å². The molecule has 4 heteroatoms. The van der Waals surface area contributed by atoms with Crippen molar-refractivity contribution in [1.82, 2.24) is 4.98 Å². The number of carbonyl (C=O) groups excluding carboxylic acids is 1. The molecule has 0 N–H and O–H groups in total. The molecule has 0 aliphatic heterocycles. The number of ketones is 1. The van der Waals surface area contributed by atoms with Gasteiger partial charge in [-0.1, -0.05) is 18.2 Å². The summed E-state index contributed by atoms with van der Waals surface area (Å²) in [5.41, 5.74) is 1.37. The van der Waals surface area contributed by atoms with Crippen LogP contribution in [0.15, 0.2) is 48.7 Å². The van der Waals surface area contributed by atoms with E-state index in [1.807, 2.05) is 42.3 Å². The molecule has 0 bridgehead atoms. The van der Waals surface area contributed by atoms with Crippen LogP contribution in [0.2, 0.25) is 0 Å². The predicted octanol–water partition coefficient (Wildman–Crippen LogP) is 2.93. The summed E-state index contributed by atoms with van der Waals surface area (Å²) in [5, 5.41) is 0. The summed E-state index contributed by atoms with van der Waals surface area (Å²) in [7, 11) is 1.93. The van der Waals surface area contributed by atoms with Crippen molar-refractivity contribution in [2.45, 2.75) is 6.42 Å². The highest BCUT2D eigenvalue weighted by molar-refractivity contribution is 5.94. The molecule has 0 saturated heterocycles. The van der Waals surface area contributed by atoms with Crippen molar-refractivity contribution < 1.29 is 9.18 Å². The highest BCUT2D eigenvalue weighted by Crippen LogP contribution is 2.12. The van der Waals surface area contributed by atoms with Crippen LogP contribution in [0.25, 0.3) is 0 Å². The molecule has 0 unspecified atom stereocenters.